The molecule has 0 bridgehead atoms. The Morgan fingerprint density at radius 1 is 0.217 bits per heavy atom. The maximum Gasteiger partial charge on any atom is 0.0265 e. The Labute approximate surface area is 439 Å². The van der Waals surface area contributed by atoms with Crippen LogP contribution < -0.4 is 0 Å². The van der Waals surface area contributed by atoms with Gasteiger partial charge in [-0.1, -0.05) is 121 Å². The number of hydrogen-bond donors (Lipinski definition) is 0. The predicted octanol–water partition coefficient (Wildman–Crippen LogP) is 14.3. The minimum Gasteiger partial charge on any atom is -0.305 e. The molecule has 0 unspecified atom stereocenters. The molecule has 7 aromatic rings. The van der Waals surface area contributed by atoms with Crippen molar-refractivity contribution in [3.63, 3.8) is 0 Å². The summed E-state index contributed by atoms with van der Waals surface area (Å²) in [6.45, 7) is 5.17. The lowest BCUT2D eigenvalue weighted by Crippen LogP contribution is -2.14. The lowest BCUT2D eigenvalue weighted by atomic mass is 9.91. The molecule has 360 valence electrons. The summed E-state index contributed by atoms with van der Waals surface area (Å²) < 4.78 is 3.57. The summed E-state index contributed by atoms with van der Waals surface area (Å²) in [4.78, 5) is 13.4. The number of halogens is 3. The topological polar surface area (TPSA) is 19.4 Å². The molecule has 0 spiro atoms. The maximum atomic E-state index is 3.95. The summed E-state index contributed by atoms with van der Waals surface area (Å²) in [6, 6.07) is 48.6. The zero-order valence-electron chi connectivity index (χ0n) is 42.7. The number of hydrogen-bond acceptors (Lipinski definition) is 6. The van der Waals surface area contributed by atoms with E-state index in [1.54, 1.807) is 0 Å². The fourth-order valence-electron chi connectivity index (χ4n) is 9.18. The van der Waals surface area contributed by atoms with Crippen LogP contribution in [0.15, 0.2) is 141 Å². The first-order valence-electron chi connectivity index (χ1n) is 23.6. The van der Waals surface area contributed by atoms with Gasteiger partial charge < -0.3 is 29.4 Å². The molecule has 0 atom stereocenters. The Hall–Kier alpha value is -4.26. The molecule has 0 aromatic heterocycles. The van der Waals surface area contributed by atoms with Crippen molar-refractivity contribution in [3.05, 3.63) is 174 Å². The van der Waals surface area contributed by atoms with Crippen LogP contribution in [-0.2, 0) is 39.3 Å². The molecule has 0 aliphatic carbocycles. The summed E-state index contributed by atoms with van der Waals surface area (Å²) >= 11 is 11.9. The molecule has 0 saturated carbocycles. The zero-order chi connectivity index (χ0) is 49.7. The van der Waals surface area contributed by atoms with E-state index in [1.807, 2.05) is 0 Å². The molecule has 0 heterocycles. The summed E-state index contributed by atoms with van der Waals surface area (Å²) in [5.41, 5.74) is 22.2. The first kappa shape index (κ1) is 52.6. The van der Waals surface area contributed by atoms with Crippen molar-refractivity contribution in [1.82, 2.24) is 29.4 Å². The second-order valence-corrected chi connectivity index (χ2v) is 22.7. The van der Waals surface area contributed by atoms with E-state index in [-0.39, 0.29) is 0 Å². The predicted molar refractivity (Wildman–Crippen MR) is 307 cm³/mol. The average molecular weight is 1110 g/mol. The molecule has 7 rings (SSSR count). The smallest absolute Gasteiger partial charge is 0.0265 e. The van der Waals surface area contributed by atoms with E-state index in [2.05, 4.69) is 289 Å². The van der Waals surface area contributed by atoms with E-state index in [1.165, 1.54) is 114 Å². The Kier molecular flexibility index (Phi) is 17.8. The molecule has 0 N–H and O–H groups in total. The van der Waals surface area contributed by atoms with Crippen molar-refractivity contribution in [2.24, 2.45) is 0 Å². The van der Waals surface area contributed by atoms with Crippen molar-refractivity contribution in [2.45, 2.75) is 39.3 Å². The van der Waals surface area contributed by atoms with Gasteiger partial charge in [-0.3, -0.25) is 0 Å². The molecule has 0 aliphatic rings. The standard InChI is InChI=1S/C60H69Br3N6/c1-64(2)34-52-28-49(29-53(58(52)61)35-65(3)4)43-19-13-40(14-20-43)46-25-47(41-15-21-44(22-16-41)50-30-54(36-66(5)6)59(62)55(31-50)37-67(7)8)27-48(26-46)42-17-23-45(24-18-42)51-32-56(38-68(9)10)60(63)57(33-51)39-69(11)12/h13-33H,34-39H2,1-12H3. The van der Waals surface area contributed by atoms with Crippen LogP contribution in [0.3, 0.4) is 0 Å². The van der Waals surface area contributed by atoms with Crippen molar-refractivity contribution < 1.29 is 0 Å². The van der Waals surface area contributed by atoms with Gasteiger partial charge in [0.15, 0.2) is 0 Å². The molecule has 6 nitrogen and oxygen atoms in total. The Morgan fingerprint density at radius 3 is 0.478 bits per heavy atom. The quantitative estimate of drug-likeness (QED) is 0.0847. The fraction of sp³-hybridized carbons (Fsp3) is 0.300. The van der Waals surface area contributed by atoms with Crippen molar-refractivity contribution >= 4 is 47.8 Å². The van der Waals surface area contributed by atoms with Crippen LogP contribution >= 0.6 is 47.8 Å². The molecule has 0 radical (unpaired) electrons. The highest BCUT2D eigenvalue weighted by Crippen LogP contribution is 2.39. The van der Waals surface area contributed by atoms with Crippen LogP contribution in [0.1, 0.15) is 33.4 Å². The summed E-state index contributed by atoms with van der Waals surface area (Å²) in [5, 5.41) is 0. The van der Waals surface area contributed by atoms with Crippen molar-refractivity contribution in [1.29, 1.82) is 0 Å². The van der Waals surface area contributed by atoms with Crippen LogP contribution in [0, 0.1) is 0 Å². The van der Waals surface area contributed by atoms with E-state index in [4.69, 9.17) is 0 Å². The average Bonchev–Trinajstić information content (AvgIpc) is 3.29. The summed E-state index contributed by atoms with van der Waals surface area (Å²) in [7, 11) is 25.5. The molecular weight excluding hydrogens is 1040 g/mol. The lowest BCUT2D eigenvalue weighted by Gasteiger charge is -2.19. The van der Waals surface area contributed by atoms with Gasteiger partial charge in [0.05, 0.1) is 0 Å². The van der Waals surface area contributed by atoms with Gasteiger partial charge in [0.2, 0.25) is 0 Å². The summed E-state index contributed by atoms with van der Waals surface area (Å²) in [5.74, 6) is 0. The van der Waals surface area contributed by atoms with Gasteiger partial charge >= 0.3 is 0 Å². The largest absolute Gasteiger partial charge is 0.305 e. The van der Waals surface area contributed by atoms with E-state index < -0.39 is 0 Å². The molecule has 0 saturated heterocycles. The van der Waals surface area contributed by atoms with Gasteiger partial charge in [-0.25, -0.2) is 0 Å². The van der Waals surface area contributed by atoms with Crippen molar-refractivity contribution in [2.75, 3.05) is 84.6 Å². The zero-order valence-corrected chi connectivity index (χ0v) is 47.4. The van der Waals surface area contributed by atoms with E-state index in [9.17, 15) is 0 Å². The molecule has 7 aromatic carbocycles. The summed E-state index contributed by atoms with van der Waals surface area (Å²) in [6.07, 6.45) is 0. The van der Waals surface area contributed by atoms with Crippen LogP contribution in [0.5, 0.6) is 0 Å². The third kappa shape index (κ3) is 13.6. The highest BCUT2D eigenvalue weighted by Gasteiger charge is 2.17. The lowest BCUT2D eigenvalue weighted by molar-refractivity contribution is 0.394. The van der Waals surface area contributed by atoms with Gasteiger partial charge in [-0.2, -0.15) is 0 Å². The monoisotopic (exact) mass is 1110 g/mol. The van der Waals surface area contributed by atoms with Gasteiger partial charge in [0, 0.05) is 52.7 Å². The second kappa shape index (κ2) is 23.3. The third-order valence-electron chi connectivity index (χ3n) is 12.2. The van der Waals surface area contributed by atoms with Crippen molar-refractivity contribution in [3.8, 4) is 66.8 Å². The molecule has 0 aliphatic heterocycles. The Bertz CT molecular complexity index is 2450. The molecule has 0 amide bonds. The Morgan fingerprint density at radius 2 is 0.348 bits per heavy atom. The van der Waals surface area contributed by atoms with Gasteiger partial charge in [0.1, 0.15) is 0 Å². The van der Waals surface area contributed by atoms with Crippen LogP contribution in [0.2, 0.25) is 0 Å². The van der Waals surface area contributed by atoms with Gasteiger partial charge in [-0.05, 0) is 239 Å². The first-order valence-corrected chi connectivity index (χ1v) is 26.0. The fourth-order valence-corrected chi connectivity index (χ4v) is 10.6. The number of benzene rings is 7. The Balaban J connectivity index is 1.30. The van der Waals surface area contributed by atoms with E-state index in [0.717, 1.165) is 39.3 Å². The minimum atomic E-state index is 0.862. The first-order chi connectivity index (χ1) is 32.8. The molecular formula is C60H69Br3N6. The van der Waals surface area contributed by atoms with E-state index >= 15 is 0 Å². The van der Waals surface area contributed by atoms with Gasteiger partial charge in [-0.15, -0.1) is 0 Å². The maximum absolute atomic E-state index is 3.95. The van der Waals surface area contributed by atoms with Crippen LogP contribution in [0.4, 0.5) is 0 Å². The van der Waals surface area contributed by atoms with E-state index in [0.29, 0.717) is 0 Å². The van der Waals surface area contributed by atoms with Crippen LogP contribution in [-0.4, -0.2) is 114 Å². The number of rotatable bonds is 18. The normalized spacial score (nSPS) is 12.0. The molecule has 0 fully saturated rings. The third-order valence-corrected chi connectivity index (χ3v) is 15.2. The second-order valence-electron chi connectivity index (χ2n) is 20.3. The molecule has 9 heteroatoms. The number of nitrogens with zero attached hydrogens (tertiary/aromatic N) is 6. The van der Waals surface area contributed by atoms with Crippen LogP contribution in [0.25, 0.3) is 66.8 Å². The highest BCUT2D eigenvalue weighted by atomic mass is 79.9. The SMILES string of the molecule is CN(C)Cc1cc(-c2ccc(-c3cc(-c4ccc(-c5cc(CN(C)C)c(Br)c(CN(C)C)c5)cc4)cc(-c4ccc(-c5cc(CN(C)C)c(Br)c(CN(C)C)c5)cc4)c3)cc2)cc(CN(C)C)c1Br. The highest BCUT2D eigenvalue weighted by molar-refractivity contribution is 9.11. The molecule has 69 heavy (non-hydrogen) atoms. The van der Waals surface area contributed by atoms with Gasteiger partial charge in [0.25, 0.3) is 0 Å². The minimum absolute atomic E-state index is 0.862.